The van der Waals surface area contributed by atoms with Crippen molar-refractivity contribution < 1.29 is 14.1 Å². The number of fused-ring (bicyclic) bond motifs is 1. The lowest BCUT2D eigenvalue weighted by atomic mass is 9.93. The number of carbonyl (C=O) groups is 1. The van der Waals surface area contributed by atoms with Gasteiger partial charge in [0, 0.05) is 30.5 Å². The van der Waals surface area contributed by atoms with E-state index in [-0.39, 0.29) is 11.8 Å². The number of thiophene rings is 1. The number of amides is 1. The molecule has 1 fully saturated rings. The Bertz CT molecular complexity index is 1220. The van der Waals surface area contributed by atoms with Gasteiger partial charge in [-0.15, -0.1) is 0 Å². The highest BCUT2D eigenvalue weighted by Gasteiger charge is 2.29. The minimum Gasteiger partial charge on any atom is -0.493 e. The van der Waals surface area contributed by atoms with Crippen molar-refractivity contribution in [1.29, 1.82) is 0 Å². The maximum atomic E-state index is 13.7. The molecule has 1 atom stereocenters. The fourth-order valence-corrected chi connectivity index (χ4v) is 5.05. The molecular formula is C25H25N3O3S. The van der Waals surface area contributed by atoms with Gasteiger partial charge in [-0.3, -0.25) is 4.79 Å². The van der Waals surface area contributed by atoms with Crippen LogP contribution in [-0.2, 0) is 6.42 Å². The summed E-state index contributed by atoms with van der Waals surface area (Å²) in [6.07, 6.45) is 2.67. The van der Waals surface area contributed by atoms with Crippen LogP contribution in [0, 0.1) is 5.92 Å². The molecule has 4 aromatic rings. The predicted molar refractivity (Wildman–Crippen MR) is 125 cm³/mol. The van der Waals surface area contributed by atoms with E-state index in [1.807, 2.05) is 65.0 Å². The topological polar surface area (TPSA) is 68.5 Å². The number of likely N-dealkylation sites (tertiary alicyclic amines) is 1. The first-order chi connectivity index (χ1) is 15.7. The molecule has 0 spiro atoms. The lowest BCUT2D eigenvalue weighted by Gasteiger charge is -2.33. The SMILES string of the molecule is CCOc1ccc2ccccc2c1C(=O)N1CCCC(Cc2nc(-c3ccsc3)no2)C1. The van der Waals surface area contributed by atoms with Crippen molar-refractivity contribution in [2.45, 2.75) is 26.2 Å². The van der Waals surface area contributed by atoms with E-state index in [2.05, 4.69) is 10.1 Å². The van der Waals surface area contributed by atoms with Crippen molar-refractivity contribution in [1.82, 2.24) is 15.0 Å². The van der Waals surface area contributed by atoms with Crippen LogP contribution in [0.15, 0.2) is 57.7 Å². The molecule has 0 saturated carbocycles. The first kappa shape index (κ1) is 20.7. The first-order valence-corrected chi connectivity index (χ1v) is 12.0. The van der Waals surface area contributed by atoms with Crippen LogP contribution in [0.4, 0.5) is 0 Å². The highest BCUT2D eigenvalue weighted by atomic mass is 32.1. The minimum atomic E-state index is 0.0273. The van der Waals surface area contributed by atoms with Gasteiger partial charge in [-0.25, -0.2) is 0 Å². The van der Waals surface area contributed by atoms with Gasteiger partial charge >= 0.3 is 0 Å². The quantitative estimate of drug-likeness (QED) is 0.393. The van der Waals surface area contributed by atoms with Crippen molar-refractivity contribution in [3.05, 3.63) is 64.7 Å². The Morgan fingerprint density at radius 2 is 2.16 bits per heavy atom. The van der Waals surface area contributed by atoms with Crippen LogP contribution < -0.4 is 4.74 Å². The molecule has 3 heterocycles. The summed E-state index contributed by atoms with van der Waals surface area (Å²) in [6.45, 7) is 3.87. The molecule has 0 bridgehead atoms. The van der Waals surface area contributed by atoms with Gasteiger partial charge in [0.2, 0.25) is 11.7 Å². The lowest BCUT2D eigenvalue weighted by molar-refractivity contribution is 0.0666. The Labute approximate surface area is 190 Å². The number of nitrogens with zero attached hydrogens (tertiary/aromatic N) is 3. The molecule has 1 unspecified atom stereocenters. The Kier molecular flexibility index (Phi) is 5.90. The summed E-state index contributed by atoms with van der Waals surface area (Å²) >= 11 is 1.61. The van der Waals surface area contributed by atoms with Crippen molar-refractivity contribution in [2.75, 3.05) is 19.7 Å². The number of hydrogen-bond donors (Lipinski definition) is 0. The second kappa shape index (κ2) is 9.12. The van der Waals surface area contributed by atoms with E-state index in [4.69, 9.17) is 9.26 Å². The van der Waals surface area contributed by atoms with Crippen LogP contribution in [0.2, 0.25) is 0 Å². The Morgan fingerprint density at radius 3 is 3.00 bits per heavy atom. The Morgan fingerprint density at radius 1 is 1.25 bits per heavy atom. The fraction of sp³-hybridized carbons (Fsp3) is 0.320. The molecule has 7 heteroatoms. The Hall–Kier alpha value is -3.19. The van der Waals surface area contributed by atoms with Crippen molar-refractivity contribution in [2.24, 2.45) is 5.92 Å². The lowest BCUT2D eigenvalue weighted by Crippen LogP contribution is -2.40. The van der Waals surface area contributed by atoms with E-state index < -0.39 is 0 Å². The third-order valence-electron chi connectivity index (χ3n) is 5.92. The van der Waals surface area contributed by atoms with E-state index in [0.29, 0.717) is 42.6 Å². The number of benzene rings is 2. The van der Waals surface area contributed by atoms with Crippen LogP contribution in [-0.4, -0.2) is 40.6 Å². The van der Waals surface area contributed by atoms with E-state index >= 15 is 0 Å². The number of piperidine rings is 1. The fourth-order valence-electron chi connectivity index (χ4n) is 4.42. The molecule has 2 aromatic carbocycles. The third kappa shape index (κ3) is 4.12. The largest absolute Gasteiger partial charge is 0.493 e. The molecule has 2 aromatic heterocycles. The maximum absolute atomic E-state index is 13.7. The normalized spacial score (nSPS) is 16.4. The van der Waals surface area contributed by atoms with Crippen LogP contribution >= 0.6 is 11.3 Å². The summed E-state index contributed by atoms with van der Waals surface area (Å²) in [5.74, 6) is 2.22. The monoisotopic (exact) mass is 447 g/mol. The zero-order chi connectivity index (χ0) is 21.9. The molecule has 1 aliphatic heterocycles. The van der Waals surface area contributed by atoms with Gasteiger partial charge in [0.1, 0.15) is 5.75 Å². The van der Waals surface area contributed by atoms with Crippen molar-refractivity contribution >= 4 is 28.0 Å². The molecule has 32 heavy (non-hydrogen) atoms. The summed E-state index contributed by atoms with van der Waals surface area (Å²) < 4.78 is 11.3. The van der Waals surface area contributed by atoms with Gasteiger partial charge in [-0.2, -0.15) is 16.3 Å². The number of aromatic nitrogens is 2. The molecule has 6 nitrogen and oxygen atoms in total. The van der Waals surface area contributed by atoms with Gasteiger partial charge in [0.15, 0.2) is 0 Å². The van der Waals surface area contributed by atoms with Gasteiger partial charge < -0.3 is 14.2 Å². The molecule has 5 rings (SSSR count). The van der Waals surface area contributed by atoms with Gasteiger partial charge in [-0.05, 0) is 54.0 Å². The van der Waals surface area contributed by atoms with Crippen LogP contribution in [0.3, 0.4) is 0 Å². The smallest absolute Gasteiger partial charge is 0.258 e. The molecule has 0 aliphatic carbocycles. The number of ether oxygens (including phenoxy) is 1. The molecule has 1 amide bonds. The molecule has 164 valence electrons. The average molecular weight is 448 g/mol. The number of carbonyl (C=O) groups excluding carboxylic acids is 1. The Balaban J connectivity index is 1.36. The van der Waals surface area contributed by atoms with Crippen molar-refractivity contribution in [3.8, 4) is 17.1 Å². The van der Waals surface area contributed by atoms with Crippen LogP contribution in [0.1, 0.15) is 36.0 Å². The summed E-state index contributed by atoms with van der Waals surface area (Å²) in [5.41, 5.74) is 1.63. The molecular weight excluding hydrogens is 422 g/mol. The number of hydrogen-bond acceptors (Lipinski definition) is 6. The maximum Gasteiger partial charge on any atom is 0.258 e. The van der Waals surface area contributed by atoms with Gasteiger partial charge in [0.05, 0.1) is 12.2 Å². The second-order valence-corrected chi connectivity index (χ2v) is 8.86. The standard InChI is InChI=1S/C25H25N3O3S/c1-2-30-21-10-9-18-7-3-4-8-20(18)23(21)25(29)28-12-5-6-17(15-28)14-22-26-24(27-31-22)19-11-13-32-16-19/h3-4,7-11,13,16-17H,2,5-6,12,14-15H2,1H3. The molecule has 0 N–H and O–H groups in total. The average Bonchev–Trinajstić information content (AvgIpc) is 3.51. The van der Waals surface area contributed by atoms with E-state index in [1.54, 1.807) is 11.3 Å². The van der Waals surface area contributed by atoms with Gasteiger partial charge in [0.25, 0.3) is 5.91 Å². The minimum absolute atomic E-state index is 0.0273. The zero-order valence-electron chi connectivity index (χ0n) is 18.0. The summed E-state index contributed by atoms with van der Waals surface area (Å²) in [7, 11) is 0. The molecule has 0 radical (unpaired) electrons. The molecule has 1 aliphatic rings. The third-order valence-corrected chi connectivity index (χ3v) is 6.60. The predicted octanol–water partition coefficient (Wildman–Crippen LogP) is 5.44. The van der Waals surface area contributed by atoms with Crippen molar-refractivity contribution in [3.63, 3.8) is 0 Å². The van der Waals surface area contributed by atoms with Crippen LogP contribution in [0.5, 0.6) is 5.75 Å². The second-order valence-electron chi connectivity index (χ2n) is 8.08. The van der Waals surface area contributed by atoms with E-state index in [9.17, 15) is 4.79 Å². The highest BCUT2D eigenvalue weighted by Crippen LogP contribution is 2.31. The first-order valence-electron chi connectivity index (χ1n) is 11.0. The number of rotatable bonds is 6. The van der Waals surface area contributed by atoms with Gasteiger partial charge in [-0.1, -0.05) is 35.5 Å². The van der Waals surface area contributed by atoms with E-state index in [0.717, 1.165) is 35.7 Å². The summed E-state index contributed by atoms with van der Waals surface area (Å²) in [5, 5.41) is 10.1. The highest BCUT2D eigenvalue weighted by molar-refractivity contribution is 7.08. The summed E-state index contributed by atoms with van der Waals surface area (Å²) in [6, 6.07) is 13.9. The summed E-state index contributed by atoms with van der Waals surface area (Å²) in [4.78, 5) is 20.2. The zero-order valence-corrected chi connectivity index (χ0v) is 18.8. The molecule has 1 saturated heterocycles. The van der Waals surface area contributed by atoms with E-state index in [1.165, 1.54) is 0 Å². The van der Waals surface area contributed by atoms with Crippen LogP contribution in [0.25, 0.3) is 22.2 Å².